The number of rotatable bonds is 5. The Morgan fingerprint density at radius 2 is 0.885 bits per heavy atom. The monoisotopic (exact) mass is 792 g/mol. The van der Waals surface area contributed by atoms with Gasteiger partial charge in [-0.3, -0.25) is 0 Å². The second-order valence-corrected chi connectivity index (χ2v) is 17.2. The topological polar surface area (TPSA) is 8.17 Å². The van der Waals surface area contributed by atoms with Gasteiger partial charge in [-0.15, -0.1) is 11.3 Å². The second-order valence-electron chi connectivity index (χ2n) is 16.1. The Morgan fingerprint density at radius 3 is 1.69 bits per heavy atom. The maximum atomic E-state index is 2.49. The summed E-state index contributed by atoms with van der Waals surface area (Å²) in [7, 11) is 0. The van der Waals surface area contributed by atoms with Crippen molar-refractivity contribution < 1.29 is 0 Å². The van der Waals surface area contributed by atoms with Crippen molar-refractivity contribution in [2.75, 3.05) is 4.90 Å². The van der Waals surface area contributed by atoms with E-state index in [0.717, 1.165) is 22.7 Å². The summed E-state index contributed by atoms with van der Waals surface area (Å²) in [5, 5.41) is 15.0. The van der Waals surface area contributed by atoms with E-state index in [-0.39, 0.29) is 0 Å². The highest BCUT2D eigenvalue weighted by atomic mass is 32.1. The average molecular weight is 793 g/mol. The van der Waals surface area contributed by atoms with Gasteiger partial charge < -0.3 is 9.47 Å². The van der Waals surface area contributed by atoms with Gasteiger partial charge in [0.15, 0.2) is 0 Å². The quantitative estimate of drug-likeness (QED) is 0.169. The number of benzene rings is 11. The molecule has 2 heterocycles. The van der Waals surface area contributed by atoms with Crippen LogP contribution in [0.3, 0.4) is 0 Å². The van der Waals surface area contributed by atoms with Gasteiger partial charge in [-0.1, -0.05) is 146 Å². The average Bonchev–Trinajstić information content (AvgIpc) is 3.83. The summed E-state index contributed by atoms with van der Waals surface area (Å²) in [6.07, 6.45) is 0. The van der Waals surface area contributed by atoms with Gasteiger partial charge in [0, 0.05) is 53.4 Å². The van der Waals surface area contributed by atoms with Crippen molar-refractivity contribution in [2.45, 2.75) is 0 Å². The number of nitrogens with zero attached hydrogens (tertiary/aromatic N) is 2. The standard InChI is InChI=1S/C58H36N2S/c1-2-19-42(20-3-1)60-55-29-26-43(35-52(55)51-31-38-14-4-6-16-40(38)33-56(51)60)59(44-25-27-50-53-32-39-15-5-7-17-41(39)34-57(53)61-58(50)36-44)54-30-28-48(47-22-10-11-23-49(47)54)46-24-12-18-37-13-8-9-21-45(37)46/h1-36H. The smallest absolute Gasteiger partial charge is 0.0547 e. The van der Waals surface area contributed by atoms with Gasteiger partial charge in [0.25, 0.3) is 0 Å². The summed E-state index contributed by atoms with van der Waals surface area (Å²) in [6, 6.07) is 80.7. The zero-order valence-electron chi connectivity index (χ0n) is 33.1. The Kier molecular flexibility index (Phi) is 7.51. The largest absolute Gasteiger partial charge is 0.310 e. The Hall–Kier alpha value is -7.72. The zero-order chi connectivity index (χ0) is 40.0. The van der Waals surface area contributed by atoms with E-state index in [0.29, 0.717) is 0 Å². The lowest BCUT2D eigenvalue weighted by Crippen LogP contribution is -2.10. The first-order valence-corrected chi connectivity index (χ1v) is 21.7. The van der Waals surface area contributed by atoms with E-state index >= 15 is 0 Å². The van der Waals surface area contributed by atoms with Crippen LogP contribution in [0.5, 0.6) is 0 Å². The Labute approximate surface area is 356 Å². The van der Waals surface area contributed by atoms with Gasteiger partial charge >= 0.3 is 0 Å². The zero-order valence-corrected chi connectivity index (χ0v) is 33.9. The SMILES string of the molecule is c1ccc(-n2c3ccc(N(c4ccc5c(c4)sc4cc6ccccc6cc45)c4ccc(-c5cccc6ccccc56)c5ccccc45)cc3c3cc4ccccc4cc32)cc1. The van der Waals surface area contributed by atoms with Gasteiger partial charge in [-0.05, 0) is 122 Å². The van der Waals surface area contributed by atoms with E-state index in [1.54, 1.807) is 0 Å². The third-order valence-electron chi connectivity index (χ3n) is 12.7. The first-order chi connectivity index (χ1) is 30.2. The Morgan fingerprint density at radius 1 is 0.311 bits per heavy atom. The van der Waals surface area contributed by atoms with Gasteiger partial charge in [-0.25, -0.2) is 0 Å². The summed E-state index contributed by atoms with van der Waals surface area (Å²) in [5.41, 5.74) is 9.40. The van der Waals surface area contributed by atoms with Crippen LogP contribution in [0.4, 0.5) is 17.1 Å². The van der Waals surface area contributed by atoms with Crippen LogP contribution in [0.15, 0.2) is 218 Å². The molecule has 0 unspecified atom stereocenters. The maximum Gasteiger partial charge on any atom is 0.0547 e. The van der Waals surface area contributed by atoms with E-state index in [1.165, 1.54) is 96.2 Å². The number of thiophene rings is 1. The molecule has 0 amide bonds. The molecule has 0 saturated carbocycles. The number of fused-ring (bicyclic) bond motifs is 10. The van der Waals surface area contributed by atoms with Crippen molar-refractivity contribution in [3.05, 3.63) is 218 Å². The summed E-state index contributed by atoms with van der Waals surface area (Å²) >= 11 is 1.88. The highest BCUT2D eigenvalue weighted by molar-refractivity contribution is 7.26. The second kappa shape index (κ2) is 13.4. The third kappa shape index (κ3) is 5.34. The molecule has 13 rings (SSSR count). The number of aromatic nitrogens is 1. The van der Waals surface area contributed by atoms with Gasteiger partial charge in [-0.2, -0.15) is 0 Å². The van der Waals surface area contributed by atoms with Crippen molar-refractivity contribution in [1.29, 1.82) is 0 Å². The van der Waals surface area contributed by atoms with Crippen LogP contribution in [0.2, 0.25) is 0 Å². The van der Waals surface area contributed by atoms with E-state index in [1.807, 2.05) is 11.3 Å². The molecule has 3 heteroatoms. The van der Waals surface area contributed by atoms with Gasteiger partial charge in [0.1, 0.15) is 0 Å². The molecular formula is C58H36N2S. The van der Waals surface area contributed by atoms with Crippen LogP contribution in [0.25, 0.3) is 102 Å². The predicted octanol–water partition coefficient (Wildman–Crippen LogP) is 16.9. The lowest BCUT2D eigenvalue weighted by molar-refractivity contribution is 1.18. The highest BCUT2D eigenvalue weighted by Gasteiger charge is 2.22. The molecular weight excluding hydrogens is 757 g/mol. The number of hydrogen-bond acceptors (Lipinski definition) is 2. The lowest BCUT2D eigenvalue weighted by atomic mass is 9.93. The number of anilines is 3. The summed E-state index contributed by atoms with van der Waals surface area (Å²) < 4.78 is 5.01. The predicted molar refractivity (Wildman–Crippen MR) is 264 cm³/mol. The third-order valence-corrected chi connectivity index (χ3v) is 13.8. The number of para-hydroxylation sites is 1. The van der Waals surface area contributed by atoms with Gasteiger partial charge in [0.05, 0.1) is 16.7 Å². The van der Waals surface area contributed by atoms with Crippen LogP contribution in [0.1, 0.15) is 0 Å². The molecule has 2 nitrogen and oxygen atoms in total. The minimum atomic E-state index is 1.11. The molecule has 284 valence electrons. The molecule has 0 radical (unpaired) electrons. The molecule has 11 aromatic carbocycles. The first-order valence-electron chi connectivity index (χ1n) is 20.9. The molecule has 13 aromatic rings. The van der Waals surface area contributed by atoms with Crippen LogP contribution >= 0.6 is 11.3 Å². The van der Waals surface area contributed by atoms with Crippen molar-refractivity contribution in [1.82, 2.24) is 4.57 Å². The molecule has 0 N–H and O–H groups in total. The van der Waals surface area contributed by atoms with Crippen LogP contribution < -0.4 is 4.90 Å². The van der Waals surface area contributed by atoms with E-state index < -0.39 is 0 Å². The molecule has 0 aliphatic rings. The van der Waals surface area contributed by atoms with Crippen molar-refractivity contribution >= 4 is 113 Å². The van der Waals surface area contributed by atoms with Gasteiger partial charge in [0.2, 0.25) is 0 Å². The Balaban J connectivity index is 1.09. The molecule has 0 spiro atoms. The molecule has 0 atom stereocenters. The molecule has 0 fully saturated rings. The molecule has 0 aliphatic heterocycles. The highest BCUT2D eigenvalue weighted by Crippen LogP contribution is 2.47. The normalized spacial score (nSPS) is 11.9. The fourth-order valence-electron chi connectivity index (χ4n) is 9.88. The molecule has 0 saturated heterocycles. The summed E-state index contributed by atoms with van der Waals surface area (Å²) in [4.78, 5) is 2.49. The molecule has 0 bridgehead atoms. The Bertz CT molecular complexity index is 3890. The lowest BCUT2D eigenvalue weighted by Gasteiger charge is -2.28. The summed E-state index contributed by atoms with van der Waals surface area (Å²) in [6.45, 7) is 0. The first kappa shape index (κ1) is 34.2. The van der Waals surface area contributed by atoms with Crippen LogP contribution in [0, 0.1) is 0 Å². The minimum absolute atomic E-state index is 1.11. The van der Waals surface area contributed by atoms with Crippen molar-refractivity contribution in [3.63, 3.8) is 0 Å². The number of hydrogen-bond donors (Lipinski definition) is 0. The van der Waals surface area contributed by atoms with E-state index in [9.17, 15) is 0 Å². The molecule has 61 heavy (non-hydrogen) atoms. The maximum absolute atomic E-state index is 2.49. The van der Waals surface area contributed by atoms with E-state index in [2.05, 4.69) is 228 Å². The van der Waals surface area contributed by atoms with Crippen LogP contribution in [-0.4, -0.2) is 4.57 Å². The fourth-order valence-corrected chi connectivity index (χ4v) is 11.0. The molecule has 2 aromatic heterocycles. The van der Waals surface area contributed by atoms with Crippen molar-refractivity contribution in [2.24, 2.45) is 0 Å². The molecule has 0 aliphatic carbocycles. The minimum Gasteiger partial charge on any atom is -0.310 e. The van der Waals surface area contributed by atoms with E-state index in [4.69, 9.17) is 0 Å². The van der Waals surface area contributed by atoms with Crippen molar-refractivity contribution in [3.8, 4) is 16.8 Å². The fraction of sp³-hybridized carbons (Fsp3) is 0. The summed E-state index contributed by atoms with van der Waals surface area (Å²) in [5.74, 6) is 0. The van der Waals surface area contributed by atoms with Crippen LogP contribution in [-0.2, 0) is 0 Å².